The minimum absolute atomic E-state index is 0.135. The van der Waals surface area contributed by atoms with Gasteiger partial charge in [0.15, 0.2) is 5.13 Å². The van der Waals surface area contributed by atoms with Crippen LogP contribution in [0.1, 0.15) is 13.8 Å². The summed E-state index contributed by atoms with van der Waals surface area (Å²) >= 11 is 1.61. The molecule has 1 saturated heterocycles. The van der Waals surface area contributed by atoms with E-state index in [1.807, 2.05) is 19.2 Å². The largest absolute Gasteiger partial charge is 0.389 e. The number of aromatic nitrogens is 1. The lowest BCUT2D eigenvalue weighted by Crippen LogP contribution is -2.50. The number of hydrogen-bond acceptors (Lipinski definition) is 5. The van der Waals surface area contributed by atoms with Crippen molar-refractivity contribution in [3.8, 4) is 0 Å². The quantitative estimate of drug-likeness (QED) is 0.757. The Bertz CT molecular complexity index is 297. The van der Waals surface area contributed by atoms with E-state index in [0.29, 0.717) is 6.41 Å². The van der Waals surface area contributed by atoms with Crippen molar-refractivity contribution in [3.05, 3.63) is 11.6 Å². The van der Waals surface area contributed by atoms with Crippen LogP contribution in [0.5, 0.6) is 0 Å². The summed E-state index contributed by atoms with van der Waals surface area (Å²) in [6.45, 7) is 5.31. The molecule has 0 saturated carbocycles. The van der Waals surface area contributed by atoms with Gasteiger partial charge in [-0.05, 0) is 13.8 Å². The highest BCUT2D eigenvalue weighted by atomic mass is 32.1. The third kappa shape index (κ3) is 4.16. The molecule has 2 rings (SSSR count). The first-order chi connectivity index (χ1) is 7.63. The smallest absolute Gasteiger partial charge is 0.207 e. The zero-order valence-corrected chi connectivity index (χ0v) is 10.3. The van der Waals surface area contributed by atoms with Crippen molar-refractivity contribution in [2.75, 3.05) is 18.0 Å². The van der Waals surface area contributed by atoms with Crippen molar-refractivity contribution >= 4 is 22.9 Å². The van der Waals surface area contributed by atoms with Crippen LogP contribution in [0, 0.1) is 0 Å². The molecule has 1 aromatic heterocycles. The number of amides is 1. The van der Waals surface area contributed by atoms with E-state index in [2.05, 4.69) is 15.2 Å². The van der Waals surface area contributed by atoms with Gasteiger partial charge < -0.3 is 15.3 Å². The number of carbonyl (C=O) groups is 1. The second-order valence-electron chi connectivity index (χ2n) is 3.81. The monoisotopic (exact) mass is 243 g/mol. The first-order valence-corrected chi connectivity index (χ1v) is 6.03. The molecule has 1 aliphatic rings. The number of thiazole rings is 1. The molecule has 0 atom stereocenters. The molecule has 1 fully saturated rings. The molecule has 16 heavy (non-hydrogen) atoms. The van der Waals surface area contributed by atoms with Crippen molar-refractivity contribution in [1.82, 2.24) is 10.3 Å². The summed E-state index contributed by atoms with van der Waals surface area (Å²) < 4.78 is 0. The number of nitrogens with one attached hydrogen (secondary N) is 1. The van der Waals surface area contributed by atoms with E-state index in [1.165, 1.54) is 0 Å². The number of nitrogens with zero attached hydrogens (tertiary/aromatic N) is 2. The number of aliphatic hydroxyl groups excluding tert-OH is 1. The lowest BCUT2D eigenvalue weighted by atomic mass is 10.2. The van der Waals surface area contributed by atoms with Gasteiger partial charge in [0.25, 0.3) is 0 Å². The Morgan fingerprint density at radius 1 is 1.69 bits per heavy atom. The highest BCUT2D eigenvalue weighted by molar-refractivity contribution is 7.13. The van der Waals surface area contributed by atoms with E-state index in [9.17, 15) is 4.79 Å². The fraction of sp³-hybridized carbons (Fsp3) is 0.600. The molecule has 0 bridgehead atoms. The van der Waals surface area contributed by atoms with Crippen LogP contribution < -0.4 is 10.2 Å². The lowest BCUT2D eigenvalue weighted by Gasteiger charge is -2.35. The Morgan fingerprint density at radius 3 is 2.69 bits per heavy atom. The number of anilines is 1. The summed E-state index contributed by atoms with van der Waals surface area (Å²) in [4.78, 5) is 15.7. The molecule has 0 spiro atoms. The highest BCUT2D eigenvalue weighted by Crippen LogP contribution is 2.22. The lowest BCUT2D eigenvalue weighted by molar-refractivity contribution is -0.109. The number of hydrogen-bond donors (Lipinski definition) is 2. The Labute approximate surface area is 99.1 Å². The van der Waals surface area contributed by atoms with Crippen LogP contribution in [-0.4, -0.2) is 41.7 Å². The second-order valence-corrected chi connectivity index (χ2v) is 4.69. The molecule has 2 heterocycles. The molecule has 0 aliphatic carbocycles. The fourth-order valence-electron chi connectivity index (χ4n) is 1.12. The number of β-amino-alcohol motifs (C(OH)–C–C–N with tert-alkyl or cyclic N) is 1. The zero-order valence-electron chi connectivity index (χ0n) is 9.46. The first kappa shape index (κ1) is 12.9. The summed E-state index contributed by atoms with van der Waals surface area (Å²) in [5.41, 5.74) is 0. The third-order valence-electron chi connectivity index (χ3n) is 1.95. The SMILES string of the molecule is CC(C)NC=O.OC1CN(c2nccs2)C1. The van der Waals surface area contributed by atoms with Crippen molar-refractivity contribution < 1.29 is 9.90 Å². The van der Waals surface area contributed by atoms with Gasteiger partial charge >= 0.3 is 0 Å². The van der Waals surface area contributed by atoms with Crippen LogP contribution in [0.4, 0.5) is 5.13 Å². The molecule has 1 aromatic rings. The molecule has 0 unspecified atom stereocenters. The van der Waals surface area contributed by atoms with Gasteiger partial charge in [0.1, 0.15) is 0 Å². The van der Waals surface area contributed by atoms with E-state index in [-0.39, 0.29) is 12.1 Å². The molecule has 0 aromatic carbocycles. The first-order valence-electron chi connectivity index (χ1n) is 5.15. The number of rotatable bonds is 3. The van der Waals surface area contributed by atoms with Gasteiger partial charge in [0, 0.05) is 30.7 Å². The Hall–Kier alpha value is -1.14. The van der Waals surface area contributed by atoms with Gasteiger partial charge in [0.2, 0.25) is 6.41 Å². The van der Waals surface area contributed by atoms with Gasteiger partial charge in [-0.1, -0.05) is 0 Å². The average Bonchev–Trinajstić information content (AvgIpc) is 2.66. The average molecular weight is 243 g/mol. The maximum absolute atomic E-state index is 9.50. The number of carbonyl (C=O) groups excluding carboxylic acids is 1. The van der Waals surface area contributed by atoms with E-state index in [4.69, 9.17) is 5.11 Å². The van der Waals surface area contributed by atoms with Crippen LogP contribution in [0.25, 0.3) is 0 Å². The predicted octanol–water partition coefficient (Wildman–Crippen LogP) is 0.465. The van der Waals surface area contributed by atoms with Crippen LogP contribution in [0.15, 0.2) is 11.6 Å². The highest BCUT2D eigenvalue weighted by Gasteiger charge is 2.25. The van der Waals surface area contributed by atoms with Gasteiger partial charge in [-0.15, -0.1) is 11.3 Å². The summed E-state index contributed by atoms with van der Waals surface area (Å²) in [5, 5.41) is 14.4. The molecular weight excluding hydrogens is 226 g/mol. The van der Waals surface area contributed by atoms with E-state index < -0.39 is 0 Å². The van der Waals surface area contributed by atoms with E-state index >= 15 is 0 Å². The van der Waals surface area contributed by atoms with E-state index in [1.54, 1.807) is 17.5 Å². The summed E-state index contributed by atoms with van der Waals surface area (Å²) in [6, 6.07) is 0.280. The topological polar surface area (TPSA) is 65.5 Å². The third-order valence-corrected chi connectivity index (χ3v) is 2.79. The molecule has 6 heteroatoms. The Balaban J connectivity index is 0.000000187. The molecule has 5 nitrogen and oxygen atoms in total. The van der Waals surface area contributed by atoms with Crippen LogP contribution in [0.3, 0.4) is 0 Å². The van der Waals surface area contributed by atoms with Crippen LogP contribution >= 0.6 is 11.3 Å². The summed E-state index contributed by atoms with van der Waals surface area (Å²) in [5.74, 6) is 0. The summed E-state index contributed by atoms with van der Waals surface area (Å²) in [7, 11) is 0. The second kappa shape index (κ2) is 6.44. The van der Waals surface area contributed by atoms with Crippen molar-refractivity contribution in [1.29, 1.82) is 0 Å². The van der Waals surface area contributed by atoms with Crippen LogP contribution in [-0.2, 0) is 4.79 Å². The normalized spacial score (nSPS) is 15.1. The van der Waals surface area contributed by atoms with Gasteiger partial charge in [-0.3, -0.25) is 4.79 Å². The maximum atomic E-state index is 9.50. The molecule has 1 aliphatic heterocycles. The van der Waals surface area contributed by atoms with Gasteiger partial charge in [-0.2, -0.15) is 0 Å². The van der Waals surface area contributed by atoms with Gasteiger partial charge in [-0.25, -0.2) is 4.98 Å². The van der Waals surface area contributed by atoms with Crippen molar-refractivity contribution in [2.45, 2.75) is 26.0 Å². The minimum atomic E-state index is -0.135. The Kier molecular flexibility index (Phi) is 5.21. The molecule has 1 amide bonds. The minimum Gasteiger partial charge on any atom is -0.389 e. The van der Waals surface area contributed by atoms with Crippen LogP contribution in [0.2, 0.25) is 0 Å². The van der Waals surface area contributed by atoms with Crippen molar-refractivity contribution in [2.24, 2.45) is 0 Å². The molecule has 0 radical (unpaired) electrons. The Morgan fingerprint density at radius 2 is 2.38 bits per heavy atom. The zero-order chi connectivity index (χ0) is 12.0. The van der Waals surface area contributed by atoms with Gasteiger partial charge in [0.05, 0.1) is 6.10 Å². The fourth-order valence-corrected chi connectivity index (χ4v) is 1.78. The maximum Gasteiger partial charge on any atom is 0.207 e. The molecular formula is C10H17N3O2S. The standard InChI is InChI=1S/C6H8N2OS.C4H9NO/c9-5-3-8(4-5)6-7-1-2-10-6;1-4(2)5-3-6/h1-2,5,9H,3-4H2;3-4H,1-2H3,(H,5,6). The molecule has 90 valence electrons. The summed E-state index contributed by atoms with van der Waals surface area (Å²) in [6.07, 6.45) is 2.35. The number of aliphatic hydroxyl groups is 1. The van der Waals surface area contributed by atoms with Crippen molar-refractivity contribution in [3.63, 3.8) is 0 Å². The predicted molar refractivity (Wildman–Crippen MR) is 64.7 cm³/mol. The molecule has 2 N–H and O–H groups in total. The van der Waals surface area contributed by atoms with E-state index in [0.717, 1.165) is 18.2 Å².